The first-order valence-corrected chi connectivity index (χ1v) is 6.72. The van der Waals surface area contributed by atoms with E-state index in [2.05, 4.69) is 25.4 Å². The zero-order valence-electron chi connectivity index (χ0n) is 12.4. The number of rotatable bonds is 4. The minimum Gasteiger partial charge on any atom is -0.392 e. The highest BCUT2D eigenvalue weighted by Gasteiger charge is 2.12. The largest absolute Gasteiger partial charge is 0.392 e. The first kappa shape index (κ1) is 17.7. The van der Waals surface area contributed by atoms with Gasteiger partial charge in [0.15, 0.2) is 0 Å². The lowest BCUT2D eigenvalue weighted by atomic mass is 10.2. The van der Waals surface area contributed by atoms with Gasteiger partial charge in [-0.15, -0.1) is 0 Å². The summed E-state index contributed by atoms with van der Waals surface area (Å²) in [5.74, 6) is 0.940. The monoisotopic (exact) mass is 269 g/mol. The predicted octanol–water partition coefficient (Wildman–Crippen LogP) is 1.50. The number of nitrogens with zero attached hydrogens (tertiary/aromatic N) is 2. The van der Waals surface area contributed by atoms with E-state index in [0.29, 0.717) is 30.4 Å². The molecule has 5 heteroatoms. The van der Waals surface area contributed by atoms with E-state index in [-0.39, 0.29) is 6.61 Å². The highest BCUT2D eigenvalue weighted by atomic mass is 16.5. The van der Waals surface area contributed by atoms with E-state index in [1.807, 2.05) is 11.8 Å². The topological polar surface area (TPSA) is 71.1 Å². The summed E-state index contributed by atoms with van der Waals surface area (Å²) in [6, 6.07) is 0. The molecule has 0 aromatic carbocycles. The van der Waals surface area contributed by atoms with Crippen molar-refractivity contribution in [3.05, 3.63) is 24.0 Å². The Kier molecular flexibility index (Phi) is 9.84. The Morgan fingerprint density at radius 3 is 2.37 bits per heavy atom. The van der Waals surface area contributed by atoms with Gasteiger partial charge in [-0.2, -0.15) is 0 Å². The fourth-order valence-corrected chi connectivity index (χ4v) is 1.42. The molecule has 5 nitrogen and oxygen atoms in total. The Morgan fingerprint density at radius 1 is 1.42 bits per heavy atom. The van der Waals surface area contributed by atoms with Crippen molar-refractivity contribution >= 4 is 5.84 Å². The number of ether oxygens (including phenoxy) is 1. The molecule has 0 amide bonds. The van der Waals surface area contributed by atoms with Gasteiger partial charge < -0.3 is 20.5 Å². The van der Waals surface area contributed by atoms with Gasteiger partial charge in [0, 0.05) is 18.7 Å². The lowest BCUT2D eigenvalue weighted by Crippen LogP contribution is -2.35. The van der Waals surface area contributed by atoms with E-state index in [9.17, 15) is 0 Å². The molecule has 1 aliphatic rings. The van der Waals surface area contributed by atoms with Crippen LogP contribution in [0.5, 0.6) is 0 Å². The molecule has 0 spiro atoms. The summed E-state index contributed by atoms with van der Waals surface area (Å²) in [5, 5.41) is 9.03. The van der Waals surface area contributed by atoms with Crippen LogP contribution in [0.25, 0.3) is 0 Å². The predicted molar refractivity (Wildman–Crippen MR) is 80.0 cm³/mol. The quantitative estimate of drug-likeness (QED) is 0.599. The van der Waals surface area contributed by atoms with Crippen molar-refractivity contribution in [2.45, 2.75) is 27.2 Å². The zero-order chi connectivity index (χ0) is 14.7. The molecule has 0 aromatic rings. The van der Waals surface area contributed by atoms with E-state index in [1.54, 1.807) is 6.08 Å². The van der Waals surface area contributed by atoms with Crippen molar-refractivity contribution in [3.8, 4) is 0 Å². The first-order valence-electron chi connectivity index (χ1n) is 6.72. The smallest absolute Gasteiger partial charge is 0.130 e. The van der Waals surface area contributed by atoms with Gasteiger partial charge in [-0.3, -0.25) is 0 Å². The molecule has 1 rings (SSSR count). The number of morpholine rings is 1. The molecular weight excluding hydrogens is 242 g/mol. The van der Waals surface area contributed by atoms with Crippen LogP contribution in [0.15, 0.2) is 29.0 Å². The minimum atomic E-state index is -0.109. The third kappa shape index (κ3) is 6.98. The number of hydrogen-bond donors (Lipinski definition) is 2. The summed E-state index contributed by atoms with van der Waals surface area (Å²) < 4.78 is 5.23. The fourth-order valence-electron chi connectivity index (χ4n) is 1.42. The molecule has 0 unspecified atom stereocenters. The van der Waals surface area contributed by atoms with Gasteiger partial charge in [0.2, 0.25) is 0 Å². The Morgan fingerprint density at radius 2 is 1.95 bits per heavy atom. The van der Waals surface area contributed by atoms with Crippen molar-refractivity contribution < 1.29 is 9.84 Å². The maximum atomic E-state index is 9.03. The normalized spacial score (nSPS) is 16.7. The Hall–Kier alpha value is -1.33. The van der Waals surface area contributed by atoms with Crippen LogP contribution in [0, 0.1) is 0 Å². The molecule has 0 radical (unpaired) electrons. The second-order valence-electron chi connectivity index (χ2n) is 4.19. The van der Waals surface area contributed by atoms with Crippen molar-refractivity contribution in [1.29, 1.82) is 0 Å². The third-order valence-corrected chi connectivity index (χ3v) is 2.47. The van der Waals surface area contributed by atoms with Crippen LogP contribution in [-0.2, 0) is 4.74 Å². The van der Waals surface area contributed by atoms with Gasteiger partial charge in [0.25, 0.3) is 0 Å². The first-order chi connectivity index (χ1) is 9.10. The van der Waals surface area contributed by atoms with Gasteiger partial charge in [-0.25, -0.2) is 4.99 Å². The number of aliphatic hydroxyl groups excluding tert-OH is 1. The van der Waals surface area contributed by atoms with Crippen LogP contribution in [0.4, 0.5) is 0 Å². The average Bonchev–Trinajstić information content (AvgIpc) is 2.42. The molecule has 1 saturated heterocycles. The van der Waals surface area contributed by atoms with Gasteiger partial charge in [-0.1, -0.05) is 32.9 Å². The molecule has 0 aromatic heterocycles. The minimum absolute atomic E-state index is 0.109. The zero-order valence-corrected chi connectivity index (χ0v) is 12.4. The van der Waals surface area contributed by atoms with Crippen molar-refractivity contribution in [3.63, 3.8) is 0 Å². The lowest BCUT2D eigenvalue weighted by Gasteiger charge is -2.28. The van der Waals surface area contributed by atoms with Crippen molar-refractivity contribution in [1.82, 2.24) is 4.90 Å². The maximum Gasteiger partial charge on any atom is 0.130 e. The van der Waals surface area contributed by atoms with Gasteiger partial charge in [0.05, 0.1) is 19.8 Å². The summed E-state index contributed by atoms with van der Waals surface area (Å²) in [6.07, 6.45) is 2.99. The molecule has 19 heavy (non-hydrogen) atoms. The molecule has 0 saturated carbocycles. The van der Waals surface area contributed by atoms with Gasteiger partial charge in [0.1, 0.15) is 11.7 Å². The highest BCUT2D eigenvalue weighted by Crippen LogP contribution is 2.08. The van der Waals surface area contributed by atoms with E-state index < -0.39 is 0 Å². The van der Waals surface area contributed by atoms with Crippen LogP contribution in [0.2, 0.25) is 0 Å². The highest BCUT2D eigenvalue weighted by molar-refractivity contribution is 5.97. The van der Waals surface area contributed by atoms with Crippen LogP contribution >= 0.6 is 0 Å². The number of allylic oxidation sites excluding steroid dienone is 1. The van der Waals surface area contributed by atoms with Crippen molar-refractivity contribution in [2.75, 3.05) is 32.9 Å². The summed E-state index contributed by atoms with van der Waals surface area (Å²) in [4.78, 5) is 6.20. The molecule has 1 heterocycles. The standard InChI is InChI=1S/C11H19N3O2.C3H8/c1-3-10(8-15)11(12)13-9(2)14-4-6-16-7-5-14;1-3-2/h3,15H,2,4-8H2,1H3,(H2,12,13);3H2,1-2H3/b10-3-;. The number of aliphatic hydroxyl groups is 1. The van der Waals surface area contributed by atoms with Crippen molar-refractivity contribution in [2.24, 2.45) is 10.7 Å². The Labute approximate surface area is 116 Å². The molecule has 3 N–H and O–H groups in total. The van der Waals surface area contributed by atoms with Crippen LogP contribution in [0.3, 0.4) is 0 Å². The second-order valence-corrected chi connectivity index (χ2v) is 4.19. The van der Waals surface area contributed by atoms with E-state index in [0.717, 1.165) is 13.1 Å². The third-order valence-electron chi connectivity index (χ3n) is 2.47. The molecule has 0 aliphatic carbocycles. The number of amidine groups is 1. The van der Waals surface area contributed by atoms with Crippen LogP contribution in [0.1, 0.15) is 27.2 Å². The maximum absolute atomic E-state index is 9.03. The molecule has 0 atom stereocenters. The molecule has 0 bridgehead atoms. The fraction of sp³-hybridized carbons (Fsp3) is 0.643. The van der Waals surface area contributed by atoms with E-state index in [1.165, 1.54) is 6.42 Å². The summed E-state index contributed by atoms with van der Waals surface area (Å²) in [5.41, 5.74) is 6.37. The number of nitrogens with two attached hydrogens (primary N) is 1. The van der Waals surface area contributed by atoms with E-state index in [4.69, 9.17) is 15.6 Å². The lowest BCUT2D eigenvalue weighted by molar-refractivity contribution is 0.0534. The van der Waals surface area contributed by atoms with Gasteiger partial charge in [-0.05, 0) is 6.92 Å². The molecular formula is C14H27N3O2. The number of aliphatic imine (C=N–C) groups is 1. The summed E-state index contributed by atoms with van der Waals surface area (Å²) in [6.45, 7) is 12.7. The van der Waals surface area contributed by atoms with Gasteiger partial charge >= 0.3 is 0 Å². The van der Waals surface area contributed by atoms with Crippen LogP contribution < -0.4 is 5.73 Å². The van der Waals surface area contributed by atoms with Crippen LogP contribution in [-0.4, -0.2) is 48.8 Å². The summed E-state index contributed by atoms with van der Waals surface area (Å²) in [7, 11) is 0. The Balaban J connectivity index is 0.000000982. The molecule has 110 valence electrons. The SMILES string of the molecule is C=C(/N=C(N)\C(=C/C)CO)N1CCOCC1.CCC. The molecule has 1 aliphatic heterocycles. The summed E-state index contributed by atoms with van der Waals surface area (Å²) >= 11 is 0. The molecule has 1 fully saturated rings. The van der Waals surface area contributed by atoms with E-state index >= 15 is 0 Å². The average molecular weight is 269 g/mol. The number of hydrogen-bond acceptors (Lipinski definition) is 4. The second kappa shape index (κ2) is 10.6. The Bertz CT molecular complexity index is 319.